The van der Waals surface area contributed by atoms with E-state index in [4.69, 9.17) is 4.42 Å². The van der Waals surface area contributed by atoms with Crippen molar-refractivity contribution in [1.29, 1.82) is 0 Å². The molecule has 1 fully saturated rings. The highest BCUT2D eigenvalue weighted by Crippen LogP contribution is 2.19. The van der Waals surface area contributed by atoms with Gasteiger partial charge in [0, 0.05) is 25.3 Å². The highest BCUT2D eigenvalue weighted by Gasteiger charge is 2.25. The van der Waals surface area contributed by atoms with Crippen LogP contribution >= 0.6 is 0 Å². The molecule has 7 nitrogen and oxygen atoms in total. The maximum absolute atomic E-state index is 12.3. The minimum atomic E-state index is -0.671. The maximum Gasteiger partial charge on any atom is 0.313 e. The van der Waals surface area contributed by atoms with E-state index in [9.17, 15) is 14.4 Å². The van der Waals surface area contributed by atoms with Gasteiger partial charge in [-0.1, -0.05) is 6.07 Å². The van der Waals surface area contributed by atoms with Gasteiger partial charge in [0.1, 0.15) is 6.26 Å². The molecule has 1 aromatic heterocycles. The van der Waals surface area contributed by atoms with E-state index in [0.29, 0.717) is 30.9 Å². The summed E-state index contributed by atoms with van der Waals surface area (Å²) in [5, 5.41) is 5.32. The van der Waals surface area contributed by atoms with Crippen LogP contribution in [0.15, 0.2) is 41.2 Å². The largest absolute Gasteiger partial charge is 0.472 e. The number of furan rings is 1. The van der Waals surface area contributed by atoms with E-state index in [1.807, 2.05) is 26.0 Å². The molecule has 7 heteroatoms. The van der Waals surface area contributed by atoms with Crippen molar-refractivity contribution in [2.45, 2.75) is 26.7 Å². The van der Waals surface area contributed by atoms with Crippen molar-refractivity contribution in [2.24, 2.45) is 5.92 Å². The number of benzene rings is 1. The first kappa shape index (κ1) is 19.7. The summed E-state index contributed by atoms with van der Waals surface area (Å²) in [6.07, 6.45) is 4.49. The fourth-order valence-electron chi connectivity index (χ4n) is 3.23. The van der Waals surface area contributed by atoms with Gasteiger partial charge in [-0.3, -0.25) is 14.4 Å². The van der Waals surface area contributed by atoms with Gasteiger partial charge in [-0.15, -0.1) is 0 Å². The van der Waals surface area contributed by atoms with Crippen molar-refractivity contribution in [3.05, 3.63) is 53.5 Å². The molecule has 2 N–H and O–H groups in total. The average Bonchev–Trinajstić information content (AvgIpc) is 3.23. The summed E-state index contributed by atoms with van der Waals surface area (Å²) in [5.41, 5.74) is 3.33. The Kier molecular flexibility index (Phi) is 6.13. The molecule has 0 bridgehead atoms. The number of hydrogen-bond donors (Lipinski definition) is 2. The number of likely N-dealkylation sites (tertiary alicyclic amines) is 1. The van der Waals surface area contributed by atoms with Crippen molar-refractivity contribution in [3.8, 4) is 0 Å². The van der Waals surface area contributed by atoms with Crippen LogP contribution in [0.25, 0.3) is 0 Å². The average molecular weight is 383 g/mol. The Morgan fingerprint density at radius 2 is 1.82 bits per heavy atom. The Hall–Kier alpha value is -3.09. The van der Waals surface area contributed by atoms with Crippen LogP contribution in [0.5, 0.6) is 0 Å². The molecule has 28 heavy (non-hydrogen) atoms. The Labute approximate surface area is 164 Å². The number of carbonyl (C=O) groups excluding carboxylic acids is 3. The Morgan fingerprint density at radius 3 is 2.46 bits per heavy atom. The molecule has 0 saturated carbocycles. The monoisotopic (exact) mass is 383 g/mol. The number of carbonyl (C=O) groups is 3. The van der Waals surface area contributed by atoms with Gasteiger partial charge in [0.15, 0.2) is 0 Å². The van der Waals surface area contributed by atoms with E-state index in [2.05, 4.69) is 10.6 Å². The van der Waals surface area contributed by atoms with Gasteiger partial charge in [-0.05, 0) is 61.9 Å². The van der Waals surface area contributed by atoms with Crippen molar-refractivity contribution in [3.63, 3.8) is 0 Å². The number of amides is 3. The van der Waals surface area contributed by atoms with Gasteiger partial charge in [-0.2, -0.15) is 0 Å². The molecule has 3 amide bonds. The Balaban J connectivity index is 1.42. The third-order valence-corrected chi connectivity index (χ3v) is 5.19. The number of nitrogens with zero attached hydrogens (tertiary/aromatic N) is 1. The maximum atomic E-state index is 12.3. The molecule has 148 valence electrons. The zero-order valence-electron chi connectivity index (χ0n) is 16.2. The van der Waals surface area contributed by atoms with E-state index < -0.39 is 11.8 Å². The molecule has 0 atom stereocenters. The highest BCUT2D eigenvalue weighted by molar-refractivity contribution is 6.39. The minimum absolute atomic E-state index is 0.0380. The topological polar surface area (TPSA) is 91.7 Å². The quantitative estimate of drug-likeness (QED) is 0.794. The predicted octanol–water partition coefficient (Wildman–Crippen LogP) is 2.50. The van der Waals surface area contributed by atoms with Gasteiger partial charge in [0.25, 0.3) is 5.91 Å². The lowest BCUT2D eigenvalue weighted by atomic mass is 9.96. The van der Waals surface area contributed by atoms with Crippen molar-refractivity contribution in [2.75, 3.05) is 25.0 Å². The molecular formula is C21H25N3O4. The van der Waals surface area contributed by atoms with Crippen LogP contribution in [0.4, 0.5) is 5.69 Å². The second-order valence-electron chi connectivity index (χ2n) is 7.21. The van der Waals surface area contributed by atoms with Crippen LogP contribution in [0.2, 0.25) is 0 Å². The molecule has 3 rings (SSSR count). The molecule has 2 heterocycles. The first-order valence-electron chi connectivity index (χ1n) is 9.42. The van der Waals surface area contributed by atoms with E-state index in [-0.39, 0.29) is 11.8 Å². The standard InChI is InChI=1S/C21H25N3O4/c1-14-3-4-18(11-15(14)2)23-20(26)19(25)22-12-16-5-8-24(9-6-16)21(27)17-7-10-28-13-17/h3-4,7,10-11,13,16H,5-6,8-9,12H2,1-2H3,(H,22,25)(H,23,26). The van der Waals surface area contributed by atoms with Gasteiger partial charge in [-0.25, -0.2) is 0 Å². The van der Waals surface area contributed by atoms with Crippen LogP contribution < -0.4 is 10.6 Å². The lowest BCUT2D eigenvalue weighted by molar-refractivity contribution is -0.136. The lowest BCUT2D eigenvalue weighted by Crippen LogP contribution is -2.43. The SMILES string of the molecule is Cc1ccc(NC(=O)C(=O)NCC2CCN(C(=O)c3ccoc3)CC2)cc1C. The molecule has 1 saturated heterocycles. The number of hydrogen-bond acceptors (Lipinski definition) is 4. The lowest BCUT2D eigenvalue weighted by Gasteiger charge is -2.31. The number of nitrogens with one attached hydrogen (secondary N) is 2. The van der Waals surface area contributed by atoms with Crippen LogP contribution in [0.3, 0.4) is 0 Å². The molecule has 1 aliphatic heterocycles. The van der Waals surface area contributed by atoms with Gasteiger partial charge in [0.05, 0.1) is 11.8 Å². The number of rotatable bonds is 4. The van der Waals surface area contributed by atoms with Crippen LogP contribution in [-0.2, 0) is 9.59 Å². The van der Waals surface area contributed by atoms with Gasteiger partial charge >= 0.3 is 11.8 Å². The minimum Gasteiger partial charge on any atom is -0.472 e. The Morgan fingerprint density at radius 1 is 1.07 bits per heavy atom. The highest BCUT2D eigenvalue weighted by atomic mass is 16.3. The summed E-state index contributed by atoms with van der Waals surface area (Å²) in [6.45, 7) is 5.61. The third-order valence-electron chi connectivity index (χ3n) is 5.19. The second kappa shape index (κ2) is 8.73. The number of aryl methyl sites for hydroxylation is 2. The van der Waals surface area contributed by atoms with E-state index >= 15 is 0 Å². The van der Waals surface area contributed by atoms with Crippen LogP contribution in [0.1, 0.15) is 34.3 Å². The molecule has 0 radical (unpaired) electrons. The van der Waals surface area contributed by atoms with Crippen LogP contribution in [-0.4, -0.2) is 42.3 Å². The van der Waals surface area contributed by atoms with E-state index in [0.717, 1.165) is 24.0 Å². The summed E-state index contributed by atoms with van der Waals surface area (Å²) < 4.78 is 4.96. The zero-order chi connectivity index (χ0) is 20.1. The van der Waals surface area contributed by atoms with Crippen molar-refractivity contribution >= 4 is 23.4 Å². The predicted molar refractivity (Wildman–Crippen MR) is 105 cm³/mol. The summed E-state index contributed by atoms with van der Waals surface area (Å²) in [7, 11) is 0. The fourth-order valence-corrected chi connectivity index (χ4v) is 3.23. The van der Waals surface area contributed by atoms with Gasteiger partial charge < -0.3 is 20.0 Å². The normalized spacial score (nSPS) is 14.6. The molecule has 0 unspecified atom stereocenters. The van der Waals surface area contributed by atoms with Crippen molar-refractivity contribution in [1.82, 2.24) is 10.2 Å². The summed E-state index contributed by atoms with van der Waals surface area (Å²) >= 11 is 0. The molecular weight excluding hydrogens is 358 g/mol. The van der Waals surface area contributed by atoms with Crippen LogP contribution in [0, 0.1) is 19.8 Å². The smallest absolute Gasteiger partial charge is 0.313 e. The second-order valence-corrected chi connectivity index (χ2v) is 7.21. The van der Waals surface area contributed by atoms with Crippen molar-refractivity contribution < 1.29 is 18.8 Å². The number of piperidine rings is 1. The number of anilines is 1. The molecule has 0 spiro atoms. The molecule has 1 aromatic carbocycles. The zero-order valence-corrected chi connectivity index (χ0v) is 16.2. The summed E-state index contributed by atoms with van der Waals surface area (Å²) in [5.74, 6) is -1.11. The van der Waals surface area contributed by atoms with E-state index in [1.165, 1.54) is 12.5 Å². The van der Waals surface area contributed by atoms with Gasteiger partial charge in [0.2, 0.25) is 0 Å². The fraction of sp³-hybridized carbons (Fsp3) is 0.381. The first-order chi connectivity index (χ1) is 13.4. The summed E-state index contributed by atoms with van der Waals surface area (Å²) in [6, 6.07) is 7.18. The summed E-state index contributed by atoms with van der Waals surface area (Å²) in [4.78, 5) is 38.2. The molecule has 0 aliphatic carbocycles. The third kappa shape index (κ3) is 4.79. The van der Waals surface area contributed by atoms with E-state index in [1.54, 1.807) is 17.0 Å². The first-order valence-corrected chi connectivity index (χ1v) is 9.42. The molecule has 1 aliphatic rings. The molecule has 2 aromatic rings. The Bertz CT molecular complexity index is 853.